The molecule has 0 aliphatic carbocycles. The fourth-order valence-corrected chi connectivity index (χ4v) is 0.881. The lowest BCUT2D eigenvalue weighted by Gasteiger charge is -1.98. The van der Waals surface area contributed by atoms with Crippen molar-refractivity contribution in [2.45, 2.75) is 13.0 Å². The first-order valence-corrected chi connectivity index (χ1v) is 3.42. The number of nitrogens with zero attached hydrogens (tertiary/aromatic N) is 2. The molecule has 0 saturated heterocycles. The molecular weight excluding hydrogens is 128 g/mol. The van der Waals surface area contributed by atoms with Crippen molar-refractivity contribution in [2.24, 2.45) is 7.05 Å². The summed E-state index contributed by atoms with van der Waals surface area (Å²) < 4.78 is 3.97. The highest BCUT2D eigenvalue weighted by Crippen LogP contribution is 1.85. The molecule has 0 bridgehead atoms. The largest absolute Gasteiger partial charge is 0.854 e. The molecule has 0 atom stereocenters. The van der Waals surface area contributed by atoms with Crippen LogP contribution in [0.1, 0.15) is 6.42 Å². The number of imidazole rings is 1. The maximum absolute atomic E-state index is 10.1. The van der Waals surface area contributed by atoms with Crippen molar-refractivity contribution < 1.29 is 9.67 Å². The van der Waals surface area contributed by atoms with E-state index in [1.165, 1.54) is 0 Å². The van der Waals surface area contributed by atoms with Crippen LogP contribution in [0.4, 0.5) is 0 Å². The molecule has 0 spiro atoms. The number of hydrogen-bond acceptors (Lipinski definition) is 1. The van der Waals surface area contributed by atoms with Crippen LogP contribution >= 0.6 is 0 Å². The van der Waals surface area contributed by atoms with E-state index < -0.39 is 0 Å². The highest BCUT2D eigenvalue weighted by atomic mass is 16.3. The zero-order chi connectivity index (χ0) is 7.40. The number of aryl methyl sites for hydroxylation is 2. The minimum Gasteiger partial charge on any atom is -0.854 e. The van der Waals surface area contributed by atoms with Crippen LogP contribution in [0.15, 0.2) is 18.7 Å². The molecule has 0 N–H and O–H groups in total. The maximum atomic E-state index is 10.1. The third kappa shape index (κ3) is 1.84. The Morgan fingerprint density at radius 2 is 2.40 bits per heavy atom. The van der Waals surface area contributed by atoms with Gasteiger partial charge in [-0.1, -0.05) is 0 Å². The summed E-state index contributed by atoms with van der Waals surface area (Å²) in [7, 11) is 1.97. The molecule has 3 nitrogen and oxygen atoms in total. The van der Waals surface area contributed by atoms with Crippen LogP contribution in [0.3, 0.4) is 0 Å². The van der Waals surface area contributed by atoms with Gasteiger partial charge in [-0.2, -0.15) is 0 Å². The van der Waals surface area contributed by atoms with E-state index in [0.717, 1.165) is 6.54 Å². The summed E-state index contributed by atoms with van der Waals surface area (Å²) in [6.07, 6.45) is 6.62. The summed E-state index contributed by atoms with van der Waals surface area (Å²) >= 11 is 0. The second kappa shape index (κ2) is 3.37. The van der Waals surface area contributed by atoms with E-state index in [0.29, 0.717) is 6.42 Å². The van der Waals surface area contributed by atoms with Gasteiger partial charge < -0.3 is 5.11 Å². The smallest absolute Gasteiger partial charge is 0.243 e. The molecule has 1 aromatic heterocycles. The molecule has 0 saturated carbocycles. The molecule has 0 fully saturated rings. The van der Waals surface area contributed by atoms with Crippen molar-refractivity contribution in [2.75, 3.05) is 6.61 Å². The van der Waals surface area contributed by atoms with Gasteiger partial charge in [-0.3, -0.25) is 0 Å². The van der Waals surface area contributed by atoms with Gasteiger partial charge >= 0.3 is 0 Å². The molecule has 3 heteroatoms. The summed E-state index contributed by atoms with van der Waals surface area (Å²) in [5.41, 5.74) is 0. The van der Waals surface area contributed by atoms with E-state index in [2.05, 4.69) is 0 Å². The average molecular weight is 140 g/mol. The Morgan fingerprint density at radius 3 is 2.90 bits per heavy atom. The van der Waals surface area contributed by atoms with E-state index in [9.17, 15) is 5.11 Å². The first kappa shape index (κ1) is 7.28. The first-order valence-electron chi connectivity index (χ1n) is 3.42. The maximum Gasteiger partial charge on any atom is 0.243 e. The fraction of sp³-hybridized carbons (Fsp3) is 0.571. The minimum absolute atomic E-state index is 0.0158. The summed E-state index contributed by atoms with van der Waals surface area (Å²) in [5, 5.41) is 10.1. The number of aromatic nitrogens is 2. The van der Waals surface area contributed by atoms with Gasteiger partial charge in [0.25, 0.3) is 0 Å². The second-order valence-corrected chi connectivity index (χ2v) is 2.37. The third-order valence-corrected chi connectivity index (χ3v) is 1.38. The highest BCUT2D eigenvalue weighted by molar-refractivity contribution is 4.65. The zero-order valence-corrected chi connectivity index (χ0v) is 6.16. The standard InChI is InChI=1S/C7H12N2O/c1-8-4-5-9(7-8)3-2-6-10/h4-5,7H,2-3,6H2,1H3. The van der Waals surface area contributed by atoms with E-state index in [1.54, 1.807) is 0 Å². The Bertz CT molecular complexity index is 195. The van der Waals surface area contributed by atoms with Crippen molar-refractivity contribution in [1.29, 1.82) is 0 Å². The van der Waals surface area contributed by atoms with E-state index >= 15 is 0 Å². The van der Waals surface area contributed by atoms with Crippen molar-refractivity contribution in [3.8, 4) is 0 Å². The summed E-state index contributed by atoms with van der Waals surface area (Å²) in [5.74, 6) is 0. The Balaban J connectivity index is 2.42. The van der Waals surface area contributed by atoms with Gasteiger partial charge in [-0.25, -0.2) is 9.13 Å². The second-order valence-electron chi connectivity index (χ2n) is 2.37. The molecule has 0 aromatic carbocycles. The summed E-state index contributed by atoms with van der Waals surface area (Å²) in [6, 6.07) is 0. The Morgan fingerprint density at radius 1 is 1.60 bits per heavy atom. The van der Waals surface area contributed by atoms with Crippen molar-refractivity contribution in [3.63, 3.8) is 0 Å². The predicted molar refractivity (Wildman–Crippen MR) is 35.1 cm³/mol. The van der Waals surface area contributed by atoms with Crippen molar-refractivity contribution >= 4 is 0 Å². The molecule has 1 aromatic rings. The molecule has 0 unspecified atom stereocenters. The quantitative estimate of drug-likeness (QED) is 0.499. The molecule has 0 aliphatic heterocycles. The van der Waals surface area contributed by atoms with Crippen LogP contribution in [0, 0.1) is 0 Å². The molecule has 0 radical (unpaired) electrons. The van der Waals surface area contributed by atoms with Gasteiger partial charge in [0.1, 0.15) is 12.4 Å². The van der Waals surface area contributed by atoms with E-state index in [4.69, 9.17) is 0 Å². The topological polar surface area (TPSA) is 31.9 Å². The van der Waals surface area contributed by atoms with Crippen molar-refractivity contribution in [3.05, 3.63) is 18.7 Å². The summed E-state index contributed by atoms with van der Waals surface area (Å²) in [4.78, 5) is 0. The van der Waals surface area contributed by atoms with Gasteiger partial charge in [-0.05, 0) is 6.42 Å². The van der Waals surface area contributed by atoms with Gasteiger partial charge in [0, 0.05) is 0 Å². The monoisotopic (exact) mass is 140 g/mol. The Kier molecular flexibility index (Phi) is 2.45. The number of rotatable bonds is 3. The summed E-state index contributed by atoms with van der Waals surface area (Å²) in [6.45, 7) is 0.853. The first-order chi connectivity index (χ1) is 4.83. The van der Waals surface area contributed by atoms with Crippen LogP contribution < -0.4 is 9.67 Å². The van der Waals surface area contributed by atoms with E-state index in [1.807, 2.05) is 34.9 Å². The molecule has 0 amide bonds. The van der Waals surface area contributed by atoms with Crippen LogP contribution in [-0.2, 0) is 13.6 Å². The van der Waals surface area contributed by atoms with Crippen molar-refractivity contribution in [1.82, 2.24) is 4.57 Å². The average Bonchev–Trinajstić information content (AvgIpc) is 2.31. The van der Waals surface area contributed by atoms with Crippen LogP contribution in [0.2, 0.25) is 0 Å². The molecule has 0 aliphatic rings. The molecule has 56 valence electrons. The minimum atomic E-state index is 0.0158. The van der Waals surface area contributed by atoms with E-state index in [-0.39, 0.29) is 6.61 Å². The predicted octanol–water partition coefficient (Wildman–Crippen LogP) is -0.937. The van der Waals surface area contributed by atoms with Gasteiger partial charge in [-0.15, -0.1) is 6.61 Å². The highest BCUT2D eigenvalue weighted by Gasteiger charge is 1.95. The molecular formula is C7H12N2O. The van der Waals surface area contributed by atoms with Gasteiger partial charge in [0.15, 0.2) is 0 Å². The van der Waals surface area contributed by atoms with Gasteiger partial charge in [0.2, 0.25) is 6.33 Å². The lowest BCUT2D eigenvalue weighted by molar-refractivity contribution is -0.671. The van der Waals surface area contributed by atoms with Crippen LogP contribution in [-0.4, -0.2) is 11.2 Å². The Labute approximate surface area is 60.5 Å². The normalized spacial score (nSPS) is 10.2. The SMILES string of the molecule is C[n+]1ccn(CCC[O-])c1. The molecule has 1 heterocycles. The van der Waals surface area contributed by atoms with Gasteiger partial charge in [0.05, 0.1) is 13.6 Å². The third-order valence-electron chi connectivity index (χ3n) is 1.38. The Hall–Kier alpha value is -0.830. The van der Waals surface area contributed by atoms with Crippen LogP contribution in [0.25, 0.3) is 0 Å². The fourth-order valence-electron chi connectivity index (χ4n) is 0.881. The van der Waals surface area contributed by atoms with Crippen LogP contribution in [0.5, 0.6) is 0 Å². The zero-order valence-electron chi connectivity index (χ0n) is 6.16. The molecule has 1 rings (SSSR count). The lowest BCUT2D eigenvalue weighted by Crippen LogP contribution is -2.24. The number of hydrogen-bond donors (Lipinski definition) is 0. The lowest BCUT2D eigenvalue weighted by atomic mass is 10.4. The molecule has 10 heavy (non-hydrogen) atoms.